The largest absolute Gasteiger partial charge is 0.494 e. The fourth-order valence-corrected chi connectivity index (χ4v) is 1.21. The highest BCUT2D eigenvalue weighted by Crippen LogP contribution is 2.30. The minimum absolute atomic E-state index is 0.462. The van der Waals surface area contributed by atoms with Crippen LogP contribution in [0.4, 0.5) is 13.2 Å². The van der Waals surface area contributed by atoms with Crippen molar-refractivity contribution in [2.75, 3.05) is 11.9 Å². The Hall–Kier alpha value is -0.710. The van der Waals surface area contributed by atoms with E-state index < -0.39 is 11.7 Å². The van der Waals surface area contributed by atoms with E-state index in [2.05, 4.69) is 15.9 Å². The lowest BCUT2D eigenvalue weighted by Crippen LogP contribution is -2.04. The van der Waals surface area contributed by atoms with E-state index >= 15 is 0 Å². The molecular formula is C10H10BrF3O. The molecule has 0 aliphatic carbocycles. The fraction of sp³-hybridized carbons (Fsp3) is 0.400. The number of rotatable bonds is 4. The molecule has 1 nitrogen and oxygen atoms in total. The third-order valence-electron chi connectivity index (χ3n) is 1.73. The van der Waals surface area contributed by atoms with Crippen molar-refractivity contribution < 1.29 is 17.9 Å². The van der Waals surface area contributed by atoms with Gasteiger partial charge in [0, 0.05) is 5.33 Å². The second kappa shape index (κ2) is 5.39. The third kappa shape index (κ3) is 4.11. The summed E-state index contributed by atoms with van der Waals surface area (Å²) in [6, 6.07) is 4.70. The standard InChI is InChI=1S/C10H10BrF3O/c11-6-1-7-15-9-4-2-8(3-5-9)10(12,13)14/h2-5H,1,6-7H2. The molecule has 15 heavy (non-hydrogen) atoms. The molecule has 0 saturated heterocycles. The first-order chi connectivity index (χ1) is 7.04. The van der Waals surface area contributed by atoms with Gasteiger partial charge in [-0.25, -0.2) is 0 Å². The molecule has 0 N–H and O–H groups in total. The summed E-state index contributed by atoms with van der Waals surface area (Å²) in [5, 5.41) is 0.813. The highest BCUT2D eigenvalue weighted by atomic mass is 79.9. The molecule has 0 fully saturated rings. The smallest absolute Gasteiger partial charge is 0.416 e. The maximum absolute atomic E-state index is 12.2. The van der Waals surface area contributed by atoms with Gasteiger partial charge in [0.2, 0.25) is 0 Å². The van der Waals surface area contributed by atoms with Gasteiger partial charge in [0.15, 0.2) is 0 Å². The first kappa shape index (κ1) is 12.4. The quantitative estimate of drug-likeness (QED) is 0.602. The van der Waals surface area contributed by atoms with E-state index in [4.69, 9.17) is 4.74 Å². The molecule has 0 saturated carbocycles. The van der Waals surface area contributed by atoms with Gasteiger partial charge in [0.05, 0.1) is 12.2 Å². The van der Waals surface area contributed by atoms with E-state index in [1.807, 2.05) is 0 Å². The fourth-order valence-electron chi connectivity index (χ4n) is 0.985. The third-order valence-corrected chi connectivity index (χ3v) is 2.29. The lowest BCUT2D eigenvalue weighted by molar-refractivity contribution is -0.137. The van der Waals surface area contributed by atoms with Crippen LogP contribution in [0.15, 0.2) is 24.3 Å². The van der Waals surface area contributed by atoms with Crippen LogP contribution in [0, 0.1) is 0 Å². The average molecular weight is 283 g/mol. The van der Waals surface area contributed by atoms with Crippen molar-refractivity contribution in [2.24, 2.45) is 0 Å². The van der Waals surface area contributed by atoms with E-state index in [1.54, 1.807) is 0 Å². The number of hydrogen-bond acceptors (Lipinski definition) is 1. The number of hydrogen-bond donors (Lipinski definition) is 0. The van der Waals surface area contributed by atoms with Crippen LogP contribution in [0.5, 0.6) is 5.75 Å². The summed E-state index contributed by atoms with van der Waals surface area (Å²) in [5.74, 6) is 0.462. The maximum Gasteiger partial charge on any atom is 0.416 e. The van der Waals surface area contributed by atoms with Gasteiger partial charge < -0.3 is 4.74 Å². The Bertz CT molecular complexity index is 295. The predicted molar refractivity (Wildman–Crippen MR) is 55.4 cm³/mol. The molecule has 0 aliphatic rings. The molecule has 84 valence electrons. The van der Waals surface area contributed by atoms with Crippen molar-refractivity contribution >= 4 is 15.9 Å². The molecule has 0 bridgehead atoms. The maximum atomic E-state index is 12.2. The molecule has 0 atom stereocenters. The Morgan fingerprint density at radius 3 is 2.20 bits per heavy atom. The first-order valence-corrected chi connectivity index (χ1v) is 5.52. The van der Waals surface area contributed by atoms with E-state index in [9.17, 15) is 13.2 Å². The molecule has 0 aromatic heterocycles. The summed E-state index contributed by atoms with van der Waals surface area (Å²) in [7, 11) is 0. The van der Waals surface area contributed by atoms with Crippen LogP contribution in [-0.2, 0) is 6.18 Å². The van der Waals surface area contributed by atoms with Gasteiger partial charge in [0.1, 0.15) is 5.75 Å². The van der Waals surface area contributed by atoms with Crippen molar-refractivity contribution in [2.45, 2.75) is 12.6 Å². The van der Waals surface area contributed by atoms with Gasteiger partial charge in [-0.2, -0.15) is 13.2 Å². The molecule has 0 radical (unpaired) electrons. The van der Waals surface area contributed by atoms with Crippen molar-refractivity contribution in [1.82, 2.24) is 0 Å². The van der Waals surface area contributed by atoms with Crippen molar-refractivity contribution in [3.05, 3.63) is 29.8 Å². The normalized spacial score (nSPS) is 11.5. The molecule has 0 aliphatic heterocycles. The van der Waals surface area contributed by atoms with Gasteiger partial charge in [-0.3, -0.25) is 0 Å². The predicted octanol–water partition coefficient (Wildman–Crippen LogP) is 3.87. The monoisotopic (exact) mass is 282 g/mol. The van der Waals surface area contributed by atoms with Crippen LogP contribution in [0.1, 0.15) is 12.0 Å². The Balaban J connectivity index is 2.57. The lowest BCUT2D eigenvalue weighted by Gasteiger charge is -2.08. The van der Waals surface area contributed by atoms with Gasteiger partial charge >= 0.3 is 6.18 Å². The van der Waals surface area contributed by atoms with Crippen LogP contribution < -0.4 is 4.74 Å². The van der Waals surface area contributed by atoms with Crippen molar-refractivity contribution in [3.63, 3.8) is 0 Å². The molecule has 1 aromatic rings. The Morgan fingerprint density at radius 2 is 1.73 bits per heavy atom. The number of benzene rings is 1. The zero-order valence-electron chi connectivity index (χ0n) is 7.85. The zero-order valence-corrected chi connectivity index (χ0v) is 9.44. The second-order valence-corrected chi connectivity index (χ2v) is 3.71. The molecule has 0 unspecified atom stereocenters. The minimum atomic E-state index is -4.28. The molecule has 0 heterocycles. The highest BCUT2D eigenvalue weighted by molar-refractivity contribution is 9.09. The summed E-state index contributed by atoms with van der Waals surface area (Å²) < 4.78 is 41.8. The average Bonchev–Trinajstić information content (AvgIpc) is 2.18. The molecule has 0 amide bonds. The van der Waals surface area contributed by atoms with E-state index in [0.717, 1.165) is 23.9 Å². The summed E-state index contributed by atoms with van der Waals surface area (Å²) in [6.45, 7) is 0.497. The first-order valence-electron chi connectivity index (χ1n) is 4.40. The van der Waals surface area contributed by atoms with E-state index in [0.29, 0.717) is 12.4 Å². The van der Waals surface area contributed by atoms with Gasteiger partial charge in [-0.05, 0) is 30.7 Å². The van der Waals surface area contributed by atoms with Gasteiger partial charge in [0.25, 0.3) is 0 Å². The summed E-state index contributed by atoms with van der Waals surface area (Å²) >= 11 is 3.23. The topological polar surface area (TPSA) is 9.23 Å². The second-order valence-electron chi connectivity index (χ2n) is 2.91. The Labute approximate surface area is 94.4 Å². The van der Waals surface area contributed by atoms with Gasteiger partial charge in [-0.1, -0.05) is 15.9 Å². The molecule has 0 spiro atoms. The van der Waals surface area contributed by atoms with Gasteiger partial charge in [-0.15, -0.1) is 0 Å². The molecule has 1 rings (SSSR count). The minimum Gasteiger partial charge on any atom is -0.494 e. The van der Waals surface area contributed by atoms with Crippen LogP contribution in [-0.4, -0.2) is 11.9 Å². The Kier molecular flexibility index (Phi) is 4.45. The summed E-state index contributed by atoms with van der Waals surface area (Å²) in [5.41, 5.74) is -0.657. The highest BCUT2D eigenvalue weighted by Gasteiger charge is 2.29. The summed E-state index contributed by atoms with van der Waals surface area (Å²) in [4.78, 5) is 0. The van der Waals surface area contributed by atoms with Crippen LogP contribution >= 0.6 is 15.9 Å². The summed E-state index contributed by atoms with van der Waals surface area (Å²) in [6.07, 6.45) is -3.46. The van der Waals surface area contributed by atoms with Crippen LogP contribution in [0.25, 0.3) is 0 Å². The molecular weight excluding hydrogens is 273 g/mol. The lowest BCUT2D eigenvalue weighted by atomic mass is 10.2. The van der Waals surface area contributed by atoms with E-state index in [1.165, 1.54) is 12.1 Å². The molecule has 1 aromatic carbocycles. The SMILES string of the molecule is FC(F)(F)c1ccc(OCCCBr)cc1. The van der Waals surface area contributed by atoms with Crippen molar-refractivity contribution in [1.29, 1.82) is 0 Å². The van der Waals surface area contributed by atoms with E-state index in [-0.39, 0.29) is 0 Å². The molecule has 5 heteroatoms. The Morgan fingerprint density at radius 1 is 1.13 bits per heavy atom. The number of halogens is 4. The van der Waals surface area contributed by atoms with Crippen LogP contribution in [0.3, 0.4) is 0 Å². The number of alkyl halides is 4. The number of ether oxygens (including phenoxy) is 1. The zero-order chi connectivity index (χ0) is 11.3. The van der Waals surface area contributed by atoms with Crippen molar-refractivity contribution in [3.8, 4) is 5.75 Å². The van der Waals surface area contributed by atoms with Crippen LogP contribution in [0.2, 0.25) is 0 Å².